The van der Waals surface area contributed by atoms with Crippen molar-refractivity contribution in [3.63, 3.8) is 0 Å². The average molecular weight is 317 g/mol. The maximum absolute atomic E-state index is 9.85. The molecule has 2 aliphatic rings. The van der Waals surface area contributed by atoms with Gasteiger partial charge in [0.25, 0.3) is 5.91 Å². The fraction of sp³-hybridized carbons (Fsp3) is 0.400. The van der Waals surface area contributed by atoms with Crippen LogP contribution in [0.3, 0.4) is 0 Å². The lowest BCUT2D eigenvalue weighted by atomic mass is 9.93. The molecule has 1 aliphatic heterocycles. The topological polar surface area (TPSA) is 104 Å². The van der Waals surface area contributed by atoms with Crippen molar-refractivity contribution in [2.24, 2.45) is 21.6 Å². The molecule has 0 aromatic heterocycles. The molecule has 3 atom stereocenters. The van der Waals surface area contributed by atoms with Crippen molar-refractivity contribution >= 4 is 17.4 Å². The number of amidine groups is 1. The van der Waals surface area contributed by atoms with E-state index in [4.69, 9.17) is 26.8 Å². The molecule has 7 heteroatoms. The maximum atomic E-state index is 9.85. The molecule has 1 fully saturated rings. The van der Waals surface area contributed by atoms with Gasteiger partial charge in [-0.2, -0.15) is 10.5 Å². The molecule has 0 bridgehead atoms. The molecule has 0 radical (unpaired) electrons. The van der Waals surface area contributed by atoms with Gasteiger partial charge >= 0.3 is 0 Å². The lowest BCUT2D eigenvalue weighted by molar-refractivity contribution is -0.230. The Balaban J connectivity index is 2.23. The molecule has 22 heavy (non-hydrogen) atoms. The fourth-order valence-electron chi connectivity index (χ4n) is 3.68. The molecule has 1 saturated carbocycles. The van der Waals surface area contributed by atoms with E-state index in [1.54, 1.807) is 24.3 Å². The highest BCUT2D eigenvalue weighted by atomic mass is 35.5. The zero-order chi connectivity index (χ0) is 16.2. The fourth-order valence-corrected chi connectivity index (χ4v) is 3.80. The van der Waals surface area contributed by atoms with Gasteiger partial charge in [-0.05, 0) is 17.7 Å². The van der Waals surface area contributed by atoms with Crippen LogP contribution in [-0.4, -0.2) is 26.0 Å². The van der Waals surface area contributed by atoms with Gasteiger partial charge in [-0.25, -0.2) is 4.99 Å². The van der Waals surface area contributed by atoms with E-state index in [1.165, 1.54) is 14.2 Å². The van der Waals surface area contributed by atoms with Gasteiger partial charge in [0.15, 0.2) is 5.41 Å². The predicted octanol–water partition coefficient (Wildman–Crippen LogP) is 1.77. The van der Waals surface area contributed by atoms with E-state index in [0.717, 1.165) is 5.56 Å². The monoisotopic (exact) mass is 316 g/mol. The highest BCUT2D eigenvalue weighted by Crippen LogP contribution is 2.81. The molecule has 6 nitrogen and oxygen atoms in total. The van der Waals surface area contributed by atoms with E-state index in [1.807, 2.05) is 0 Å². The van der Waals surface area contributed by atoms with Gasteiger partial charge in [0, 0.05) is 25.2 Å². The van der Waals surface area contributed by atoms with E-state index in [9.17, 15) is 10.5 Å². The summed E-state index contributed by atoms with van der Waals surface area (Å²) >= 11 is 5.91. The quantitative estimate of drug-likeness (QED) is 0.856. The van der Waals surface area contributed by atoms with Crippen LogP contribution in [0.1, 0.15) is 11.5 Å². The summed E-state index contributed by atoms with van der Waals surface area (Å²) in [5.74, 6) is -2.03. The normalized spacial score (nSPS) is 34.2. The van der Waals surface area contributed by atoms with Crippen molar-refractivity contribution in [2.45, 2.75) is 11.8 Å². The summed E-state index contributed by atoms with van der Waals surface area (Å²) < 4.78 is 10.8. The van der Waals surface area contributed by atoms with E-state index in [-0.39, 0.29) is 5.84 Å². The van der Waals surface area contributed by atoms with Crippen LogP contribution >= 0.6 is 11.6 Å². The molecule has 3 rings (SSSR count). The molecule has 1 heterocycles. The van der Waals surface area contributed by atoms with Crippen molar-refractivity contribution in [3.8, 4) is 12.1 Å². The molecule has 1 aliphatic carbocycles. The van der Waals surface area contributed by atoms with Gasteiger partial charge < -0.3 is 15.2 Å². The third-order valence-corrected chi connectivity index (χ3v) is 4.94. The number of ether oxygens (including phenoxy) is 2. The molecule has 0 spiro atoms. The van der Waals surface area contributed by atoms with E-state index < -0.39 is 22.7 Å². The first-order valence-corrected chi connectivity index (χ1v) is 6.91. The number of benzene rings is 1. The Morgan fingerprint density at radius 1 is 1.18 bits per heavy atom. The molecule has 1 aromatic carbocycles. The van der Waals surface area contributed by atoms with E-state index in [2.05, 4.69) is 17.1 Å². The Bertz CT molecular complexity index is 744. The van der Waals surface area contributed by atoms with Gasteiger partial charge in [0.05, 0.1) is 12.1 Å². The summed E-state index contributed by atoms with van der Waals surface area (Å²) in [6.07, 6.45) is 0. The number of nitrogens with zero attached hydrogens (tertiary/aromatic N) is 3. The first-order valence-electron chi connectivity index (χ1n) is 6.53. The van der Waals surface area contributed by atoms with Crippen molar-refractivity contribution < 1.29 is 9.47 Å². The van der Waals surface area contributed by atoms with E-state index >= 15 is 0 Å². The first kappa shape index (κ1) is 14.8. The van der Waals surface area contributed by atoms with Crippen molar-refractivity contribution in [1.82, 2.24) is 0 Å². The second-order valence-corrected chi connectivity index (χ2v) is 5.75. The summed E-state index contributed by atoms with van der Waals surface area (Å²) in [6, 6.07) is 11.3. The molecule has 2 N–H and O–H groups in total. The number of hydrogen-bond donors (Lipinski definition) is 1. The molecule has 112 valence electrons. The van der Waals surface area contributed by atoms with Crippen LogP contribution in [0.4, 0.5) is 0 Å². The van der Waals surface area contributed by atoms with Crippen LogP contribution < -0.4 is 5.73 Å². The molecule has 0 saturated heterocycles. The van der Waals surface area contributed by atoms with Crippen LogP contribution in [0.2, 0.25) is 5.02 Å². The van der Waals surface area contributed by atoms with Crippen LogP contribution in [0, 0.1) is 33.5 Å². The summed E-state index contributed by atoms with van der Waals surface area (Å²) in [5, 5.41) is 20.2. The van der Waals surface area contributed by atoms with Crippen molar-refractivity contribution in [1.29, 1.82) is 10.5 Å². The first-order chi connectivity index (χ1) is 10.5. The van der Waals surface area contributed by atoms with Crippen LogP contribution in [0.5, 0.6) is 0 Å². The van der Waals surface area contributed by atoms with Gasteiger partial charge in [-0.3, -0.25) is 0 Å². The summed E-state index contributed by atoms with van der Waals surface area (Å²) in [4.78, 5) is 4.15. The van der Waals surface area contributed by atoms with Crippen molar-refractivity contribution in [2.75, 3.05) is 14.2 Å². The minimum atomic E-state index is -1.59. The minimum Gasteiger partial charge on any atom is -0.386 e. The number of hydrogen-bond acceptors (Lipinski definition) is 6. The number of halogens is 1. The largest absolute Gasteiger partial charge is 0.386 e. The number of aliphatic imine (C=N–C) groups is 1. The number of methoxy groups -OCH3 is 2. The van der Waals surface area contributed by atoms with Crippen LogP contribution in [-0.2, 0) is 9.47 Å². The average Bonchev–Trinajstić information content (AvgIpc) is 3.11. The second kappa shape index (κ2) is 4.44. The van der Waals surface area contributed by atoms with E-state index in [0.29, 0.717) is 5.02 Å². The highest BCUT2D eigenvalue weighted by Gasteiger charge is 2.93. The smallest absolute Gasteiger partial charge is 0.292 e. The Morgan fingerprint density at radius 3 is 2.23 bits per heavy atom. The highest BCUT2D eigenvalue weighted by molar-refractivity contribution is 6.30. The summed E-state index contributed by atoms with van der Waals surface area (Å²) in [6.45, 7) is 0. The Kier molecular flexibility index (Phi) is 2.99. The molecule has 1 aromatic rings. The minimum absolute atomic E-state index is 0.0557. The third kappa shape index (κ3) is 1.29. The van der Waals surface area contributed by atoms with Crippen LogP contribution in [0.25, 0.3) is 0 Å². The predicted molar refractivity (Wildman–Crippen MR) is 78.7 cm³/mol. The molecule has 0 unspecified atom stereocenters. The number of nitrogens with two attached hydrogens (primary N) is 1. The Morgan fingerprint density at radius 2 is 1.77 bits per heavy atom. The zero-order valence-electron chi connectivity index (χ0n) is 12.0. The lowest BCUT2D eigenvalue weighted by Crippen LogP contribution is -2.41. The van der Waals surface area contributed by atoms with Crippen LogP contribution in [0.15, 0.2) is 29.3 Å². The van der Waals surface area contributed by atoms with Gasteiger partial charge in [0.1, 0.15) is 11.3 Å². The lowest BCUT2D eigenvalue weighted by Gasteiger charge is -2.29. The number of fused-ring (bicyclic) bond motifs is 1. The summed E-state index contributed by atoms with van der Waals surface area (Å²) in [5.41, 5.74) is 4.18. The number of rotatable bonds is 3. The second-order valence-electron chi connectivity index (χ2n) is 5.31. The SMILES string of the molecule is COC1(OC)N=C(N)[C@@]2(C#N)[C@@H](c3ccc(Cl)cc3)[C@@]12C#N. The molecular formula is C15H13ClN4O2. The van der Waals surface area contributed by atoms with Gasteiger partial charge in [-0.15, -0.1) is 0 Å². The summed E-state index contributed by atoms with van der Waals surface area (Å²) in [7, 11) is 2.76. The maximum Gasteiger partial charge on any atom is 0.292 e. The standard InChI is InChI=1S/C15H13ClN4O2/c1-21-15(22-2)14(8-18)11(9-3-5-10(16)6-4-9)13(14,7-17)12(19)20-15/h3-6,11H,1-2H3,(H2,19,20)/t11-,13-,14-/m1/s1. The Hall–Kier alpha value is -2.12. The third-order valence-electron chi connectivity index (χ3n) is 4.68. The van der Waals surface area contributed by atoms with Gasteiger partial charge in [0.2, 0.25) is 0 Å². The zero-order valence-corrected chi connectivity index (χ0v) is 12.8. The van der Waals surface area contributed by atoms with Crippen molar-refractivity contribution in [3.05, 3.63) is 34.9 Å². The van der Waals surface area contributed by atoms with Gasteiger partial charge in [-0.1, -0.05) is 23.7 Å². The molecular weight excluding hydrogens is 304 g/mol. The Labute approximate surface area is 132 Å². The number of nitriles is 2. The molecule has 0 amide bonds.